The van der Waals surface area contributed by atoms with E-state index in [-0.39, 0.29) is 22.6 Å². The third-order valence-electron chi connectivity index (χ3n) is 4.27. The third kappa shape index (κ3) is 1.23. The maximum absolute atomic E-state index is 6.59. The van der Waals surface area contributed by atoms with Gasteiger partial charge in [0.05, 0.1) is 10.8 Å². The van der Waals surface area contributed by atoms with E-state index in [1.54, 1.807) is 0 Å². The zero-order valence-electron chi connectivity index (χ0n) is 9.68. The van der Waals surface area contributed by atoms with Gasteiger partial charge >= 0.3 is 0 Å². The summed E-state index contributed by atoms with van der Waals surface area (Å²) in [5.41, 5.74) is 5.44. The van der Waals surface area contributed by atoms with E-state index in [1.807, 2.05) is 0 Å². The van der Waals surface area contributed by atoms with Crippen molar-refractivity contribution in [2.75, 3.05) is 0 Å². The van der Waals surface area contributed by atoms with Gasteiger partial charge < -0.3 is 0 Å². The van der Waals surface area contributed by atoms with Gasteiger partial charge in [-0.1, -0.05) is 48.5 Å². The van der Waals surface area contributed by atoms with Crippen molar-refractivity contribution in [2.45, 2.75) is 22.6 Å². The smallest absolute Gasteiger partial charge is 0.0618 e. The van der Waals surface area contributed by atoms with Crippen LogP contribution in [-0.2, 0) is 0 Å². The Morgan fingerprint density at radius 2 is 0.833 bits per heavy atom. The Bertz CT molecular complexity index is 518. The normalized spacial score (nSPS) is 31.9. The monoisotopic (exact) mass is 274 g/mol. The van der Waals surface area contributed by atoms with Crippen LogP contribution in [0.1, 0.15) is 34.1 Å². The van der Waals surface area contributed by atoms with E-state index in [4.69, 9.17) is 23.2 Å². The molecule has 18 heavy (non-hydrogen) atoms. The van der Waals surface area contributed by atoms with Gasteiger partial charge in [0.1, 0.15) is 0 Å². The van der Waals surface area contributed by atoms with Crippen molar-refractivity contribution in [1.29, 1.82) is 0 Å². The molecule has 2 aromatic carbocycles. The van der Waals surface area contributed by atoms with E-state index in [2.05, 4.69) is 48.5 Å². The molecule has 0 aromatic heterocycles. The first-order valence-corrected chi connectivity index (χ1v) is 7.12. The summed E-state index contributed by atoms with van der Waals surface area (Å²) in [7, 11) is 0. The van der Waals surface area contributed by atoms with Crippen LogP contribution in [0.3, 0.4) is 0 Å². The van der Waals surface area contributed by atoms with Crippen LogP contribution < -0.4 is 0 Å². The second-order valence-electron chi connectivity index (χ2n) is 5.10. The molecule has 0 N–H and O–H groups in total. The number of fused-ring (bicyclic) bond motifs is 1. The first-order chi connectivity index (χ1) is 8.79. The maximum Gasteiger partial charge on any atom is 0.0618 e. The Morgan fingerprint density at radius 3 is 1.11 bits per heavy atom. The van der Waals surface area contributed by atoms with Crippen molar-refractivity contribution < 1.29 is 0 Å². The van der Waals surface area contributed by atoms with Gasteiger partial charge in [-0.15, -0.1) is 23.2 Å². The lowest BCUT2D eigenvalue weighted by atomic mass is 9.63. The molecule has 90 valence electrons. The molecule has 0 saturated heterocycles. The lowest BCUT2D eigenvalue weighted by Crippen LogP contribution is -2.41. The number of halogens is 2. The zero-order valence-corrected chi connectivity index (χ0v) is 11.2. The predicted molar refractivity (Wildman–Crippen MR) is 75.9 cm³/mol. The minimum absolute atomic E-state index is 0.0125. The fourth-order valence-corrected chi connectivity index (χ4v) is 4.38. The molecule has 3 aliphatic carbocycles. The Labute approximate surface area is 117 Å². The molecule has 0 fully saturated rings. The van der Waals surface area contributed by atoms with E-state index in [9.17, 15) is 0 Å². The van der Waals surface area contributed by atoms with Crippen LogP contribution in [0.5, 0.6) is 0 Å². The highest BCUT2D eigenvalue weighted by Crippen LogP contribution is 2.55. The minimum atomic E-state index is -0.0125. The Hall–Kier alpha value is -0.980. The lowest BCUT2D eigenvalue weighted by molar-refractivity contribution is 0.535. The molecule has 2 atom stereocenters. The summed E-state index contributed by atoms with van der Waals surface area (Å²) in [5.74, 6) is 0.484. The highest BCUT2D eigenvalue weighted by atomic mass is 35.5. The first kappa shape index (κ1) is 10.9. The third-order valence-corrected chi connectivity index (χ3v) is 5.45. The second-order valence-corrected chi connectivity index (χ2v) is 6.11. The molecule has 2 aromatic rings. The summed E-state index contributed by atoms with van der Waals surface area (Å²) in [4.78, 5) is 0. The van der Waals surface area contributed by atoms with Crippen molar-refractivity contribution in [3.63, 3.8) is 0 Å². The standard InChI is InChI=1S/C16H12Cl2/c17-15-13-9-5-1-2-6-10(9)14(16(15)18)12-8-4-3-7-11(12)13/h1-8,13-16H/t13?,14?,15-,16+. The summed E-state index contributed by atoms with van der Waals surface area (Å²) in [6.07, 6.45) is 0. The van der Waals surface area contributed by atoms with E-state index in [0.717, 1.165) is 0 Å². The highest BCUT2D eigenvalue weighted by Gasteiger charge is 2.48. The molecule has 0 unspecified atom stereocenters. The second kappa shape index (κ2) is 3.76. The van der Waals surface area contributed by atoms with Gasteiger partial charge in [0, 0.05) is 11.8 Å². The predicted octanol–water partition coefficient (Wildman–Crippen LogP) is 4.49. The van der Waals surface area contributed by atoms with Gasteiger partial charge in [-0.3, -0.25) is 0 Å². The van der Waals surface area contributed by atoms with Crippen molar-refractivity contribution in [3.8, 4) is 0 Å². The summed E-state index contributed by atoms with van der Waals surface area (Å²) < 4.78 is 0. The molecule has 0 heterocycles. The average Bonchev–Trinajstić information content (AvgIpc) is 2.42. The van der Waals surface area contributed by atoms with Crippen LogP contribution in [0, 0.1) is 0 Å². The average molecular weight is 275 g/mol. The Morgan fingerprint density at radius 1 is 0.556 bits per heavy atom. The topological polar surface area (TPSA) is 0 Å². The fraction of sp³-hybridized carbons (Fsp3) is 0.250. The summed E-state index contributed by atoms with van der Waals surface area (Å²) in [6, 6.07) is 17.2. The van der Waals surface area contributed by atoms with Crippen LogP contribution in [-0.4, -0.2) is 10.8 Å². The lowest BCUT2D eigenvalue weighted by Gasteiger charge is -2.46. The Kier molecular flexibility index (Phi) is 2.27. The molecule has 0 aliphatic heterocycles. The van der Waals surface area contributed by atoms with Crippen molar-refractivity contribution in [1.82, 2.24) is 0 Å². The van der Waals surface area contributed by atoms with Gasteiger partial charge in [-0.2, -0.15) is 0 Å². The van der Waals surface area contributed by atoms with Crippen molar-refractivity contribution >= 4 is 23.2 Å². The van der Waals surface area contributed by atoms with Crippen LogP contribution in [0.2, 0.25) is 0 Å². The summed E-state index contributed by atoms with van der Waals surface area (Å²) >= 11 is 13.2. The van der Waals surface area contributed by atoms with Crippen molar-refractivity contribution in [2.24, 2.45) is 0 Å². The molecule has 2 bridgehead atoms. The number of alkyl halides is 2. The summed E-state index contributed by atoms with van der Waals surface area (Å²) in [5, 5.41) is -0.0251. The SMILES string of the molecule is Cl[C@@H]1C2c3ccccc3C(c3ccccc32)[C@@H]1Cl. The van der Waals surface area contributed by atoms with Gasteiger partial charge in [0.15, 0.2) is 0 Å². The molecule has 0 radical (unpaired) electrons. The van der Waals surface area contributed by atoms with Crippen molar-refractivity contribution in [3.05, 3.63) is 70.8 Å². The van der Waals surface area contributed by atoms with E-state index in [0.29, 0.717) is 0 Å². The van der Waals surface area contributed by atoms with Gasteiger partial charge in [-0.25, -0.2) is 0 Å². The minimum Gasteiger partial charge on any atom is -0.120 e. The van der Waals surface area contributed by atoms with Crippen LogP contribution in [0.4, 0.5) is 0 Å². The number of hydrogen-bond acceptors (Lipinski definition) is 0. The van der Waals surface area contributed by atoms with Gasteiger partial charge in [0.2, 0.25) is 0 Å². The van der Waals surface area contributed by atoms with Crippen LogP contribution in [0.25, 0.3) is 0 Å². The largest absolute Gasteiger partial charge is 0.120 e. The zero-order chi connectivity index (χ0) is 12.3. The molecule has 0 spiro atoms. The Balaban J connectivity index is 2.06. The summed E-state index contributed by atoms with van der Waals surface area (Å²) in [6.45, 7) is 0. The van der Waals surface area contributed by atoms with Gasteiger partial charge in [-0.05, 0) is 22.3 Å². The highest BCUT2D eigenvalue weighted by molar-refractivity contribution is 6.31. The number of benzene rings is 2. The molecule has 3 aliphatic rings. The molecule has 5 rings (SSSR count). The number of rotatable bonds is 0. The molecular weight excluding hydrogens is 263 g/mol. The van der Waals surface area contributed by atoms with E-state index in [1.165, 1.54) is 22.3 Å². The molecule has 0 saturated carbocycles. The fourth-order valence-electron chi connectivity index (χ4n) is 3.54. The maximum atomic E-state index is 6.59. The molecule has 0 amide bonds. The van der Waals surface area contributed by atoms with E-state index >= 15 is 0 Å². The quantitative estimate of drug-likeness (QED) is 0.621. The molecule has 2 heteroatoms. The van der Waals surface area contributed by atoms with Gasteiger partial charge in [0.25, 0.3) is 0 Å². The number of hydrogen-bond donors (Lipinski definition) is 0. The van der Waals surface area contributed by atoms with Crippen LogP contribution in [0.15, 0.2) is 48.5 Å². The molecular formula is C16H12Cl2. The van der Waals surface area contributed by atoms with E-state index < -0.39 is 0 Å². The first-order valence-electron chi connectivity index (χ1n) is 6.25. The van der Waals surface area contributed by atoms with Crippen LogP contribution >= 0.6 is 23.2 Å². The molecule has 0 nitrogen and oxygen atoms in total.